The summed E-state index contributed by atoms with van der Waals surface area (Å²) < 4.78 is 5.47. The molecule has 2 amide bonds. The number of likely N-dealkylation sites (tertiary alicyclic amines) is 1. The van der Waals surface area contributed by atoms with Gasteiger partial charge in [-0.1, -0.05) is 55.7 Å². The summed E-state index contributed by atoms with van der Waals surface area (Å²) in [6, 6.07) is 16.4. The summed E-state index contributed by atoms with van der Waals surface area (Å²) in [6.45, 7) is 8.18. The molecule has 1 unspecified atom stereocenters. The van der Waals surface area contributed by atoms with Crippen LogP contribution in [0.2, 0.25) is 0 Å². The van der Waals surface area contributed by atoms with Crippen molar-refractivity contribution in [3.8, 4) is 0 Å². The van der Waals surface area contributed by atoms with E-state index in [1.165, 1.54) is 43.7 Å². The van der Waals surface area contributed by atoms with Gasteiger partial charge in [-0.15, -0.1) is 0 Å². The monoisotopic (exact) mass is 593 g/mol. The summed E-state index contributed by atoms with van der Waals surface area (Å²) in [4.78, 5) is 41.9. The highest BCUT2D eigenvalue weighted by Gasteiger charge is 2.27. The number of nitrogens with zero attached hydrogens (tertiary/aromatic N) is 1. The number of esters is 1. The van der Waals surface area contributed by atoms with Crippen LogP contribution in [-0.4, -0.2) is 65.0 Å². The summed E-state index contributed by atoms with van der Waals surface area (Å²) in [5, 5.41) is 6.22. The summed E-state index contributed by atoms with van der Waals surface area (Å²) in [5.41, 5.74) is 1.31. The molecule has 7 nitrogen and oxygen atoms in total. The van der Waals surface area contributed by atoms with Gasteiger partial charge in [-0.05, 0) is 81.9 Å². The third-order valence-electron chi connectivity index (χ3n) is 7.93. The molecule has 1 aliphatic carbocycles. The molecule has 1 saturated heterocycles. The van der Waals surface area contributed by atoms with Gasteiger partial charge in [0.15, 0.2) is 0 Å². The zero-order chi connectivity index (χ0) is 30.0. The van der Waals surface area contributed by atoms with E-state index in [2.05, 4.69) is 39.8 Å². The Bertz CT molecular complexity index is 1170. The van der Waals surface area contributed by atoms with E-state index in [1.807, 2.05) is 26.8 Å². The first-order chi connectivity index (χ1) is 20.2. The average molecular weight is 594 g/mol. The molecule has 2 N–H and O–H groups in total. The number of carbonyl (C=O) groups is 3. The molecule has 1 saturated carbocycles. The Morgan fingerprint density at radius 2 is 1.62 bits per heavy atom. The van der Waals surface area contributed by atoms with Gasteiger partial charge in [0, 0.05) is 37.0 Å². The Kier molecular flexibility index (Phi) is 11.9. The zero-order valence-corrected chi connectivity index (χ0v) is 26.2. The Morgan fingerprint density at radius 3 is 2.31 bits per heavy atom. The quantitative estimate of drug-likeness (QED) is 0.319. The number of piperidine rings is 1. The molecule has 8 heteroatoms. The van der Waals surface area contributed by atoms with Gasteiger partial charge in [0.1, 0.15) is 11.6 Å². The number of benzene rings is 2. The van der Waals surface area contributed by atoms with E-state index >= 15 is 0 Å². The Balaban J connectivity index is 1.35. The van der Waals surface area contributed by atoms with Gasteiger partial charge in [-0.25, -0.2) is 4.79 Å². The van der Waals surface area contributed by atoms with Gasteiger partial charge in [0.05, 0.1) is 5.56 Å². The fourth-order valence-electron chi connectivity index (χ4n) is 5.63. The highest BCUT2D eigenvalue weighted by Crippen LogP contribution is 2.27. The lowest BCUT2D eigenvalue weighted by Crippen LogP contribution is -2.53. The maximum Gasteiger partial charge on any atom is 0.338 e. The first kappa shape index (κ1) is 32.1. The second-order valence-electron chi connectivity index (χ2n) is 12.7. The zero-order valence-electron chi connectivity index (χ0n) is 25.4. The smallest absolute Gasteiger partial charge is 0.338 e. The molecular weight excluding hydrogens is 546 g/mol. The molecule has 0 spiro atoms. The molecule has 0 radical (unpaired) electrons. The van der Waals surface area contributed by atoms with Crippen LogP contribution in [-0.2, 0) is 16.1 Å². The lowest BCUT2D eigenvalue weighted by molar-refractivity contribution is -0.123. The number of rotatable bonds is 11. The summed E-state index contributed by atoms with van der Waals surface area (Å²) in [6.07, 6.45) is 8.13. The van der Waals surface area contributed by atoms with Crippen molar-refractivity contribution in [2.75, 3.05) is 24.6 Å². The van der Waals surface area contributed by atoms with E-state index in [4.69, 9.17) is 4.74 Å². The van der Waals surface area contributed by atoms with E-state index in [-0.39, 0.29) is 17.9 Å². The van der Waals surface area contributed by atoms with Gasteiger partial charge < -0.3 is 15.4 Å². The molecule has 1 aliphatic heterocycles. The van der Waals surface area contributed by atoms with Crippen LogP contribution < -0.4 is 10.6 Å². The molecule has 42 heavy (non-hydrogen) atoms. The van der Waals surface area contributed by atoms with Gasteiger partial charge in [0.2, 0.25) is 5.91 Å². The van der Waals surface area contributed by atoms with Crippen LogP contribution in [0.25, 0.3) is 0 Å². The van der Waals surface area contributed by atoms with E-state index in [0.717, 1.165) is 38.2 Å². The van der Waals surface area contributed by atoms with Crippen LogP contribution in [0, 0.1) is 5.92 Å². The largest absolute Gasteiger partial charge is 0.456 e. The summed E-state index contributed by atoms with van der Waals surface area (Å²) >= 11 is 1.75. The van der Waals surface area contributed by atoms with Gasteiger partial charge >= 0.3 is 5.97 Å². The number of nitrogens with one attached hydrogen (secondary N) is 2. The minimum absolute atomic E-state index is 0.0859. The highest BCUT2D eigenvalue weighted by molar-refractivity contribution is 7.99. The van der Waals surface area contributed by atoms with E-state index in [9.17, 15) is 14.4 Å². The fourth-order valence-corrected chi connectivity index (χ4v) is 6.91. The third kappa shape index (κ3) is 10.5. The molecule has 2 aliphatic rings. The van der Waals surface area contributed by atoms with Crippen LogP contribution in [0.3, 0.4) is 0 Å². The maximum absolute atomic E-state index is 13.5. The molecular formula is C34H47N3O4S. The maximum atomic E-state index is 13.5. The Labute approximate surface area is 255 Å². The van der Waals surface area contributed by atoms with E-state index in [1.54, 1.807) is 30.0 Å². The molecule has 2 fully saturated rings. The van der Waals surface area contributed by atoms with E-state index < -0.39 is 17.6 Å². The number of amides is 2. The molecule has 4 rings (SSSR count). The first-order valence-corrected chi connectivity index (χ1v) is 16.6. The van der Waals surface area contributed by atoms with Crippen molar-refractivity contribution in [1.29, 1.82) is 0 Å². The van der Waals surface area contributed by atoms with Crippen LogP contribution in [0.1, 0.15) is 92.0 Å². The Hall–Kier alpha value is -2.84. The first-order valence-electron chi connectivity index (χ1n) is 15.4. The minimum atomic E-state index is -0.654. The number of hydrogen-bond acceptors (Lipinski definition) is 6. The lowest BCUT2D eigenvalue weighted by Gasteiger charge is -2.33. The molecule has 2 aromatic rings. The van der Waals surface area contributed by atoms with Crippen LogP contribution >= 0.6 is 11.8 Å². The van der Waals surface area contributed by atoms with Crippen molar-refractivity contribution >= 4 is 29.5 Å². The SMILES string of the molecule is CC(C)(C)OC(=O)c1cccc(C(=O)NC(CSCC2CCCCC2)C(=O)NC2CCN(Cc3ccccc3)CC2)c1. The molecule has 0 aromatic heterocycles. The predicted molar refractivity (Wildman–Crippen MR) is 170 cm³/mol. The van der Waals surface area contributed by atoms with Crippen molar-refractivity contribution < 1.29 is 19.1 Å². The number of hydrogen-bond donors (Lipinski definition) is 2. The summed E-state index contributed by atoms with van der Waals surface area (Å²) in [5.74, 6) is 1.23. The van der Waals surface area contributed by atoms with Gasteiger partial charge in [0.25, 0.3) is 5.91 Å². The lowest BCUT2D eigenvalue weighted by atomic mass is 9.91. The van der Waals surface area contributed by atoms with Crippen molar-refractivity contribution in [3.05, 3.63) is 71.3 Å². The number of ether oxygens (including phenoxy) is 1. The van der Waals surface area contributed by atoms with E-state index in [0.29, 0.717) is 22.8 Å². The van der Waals surface area contributed by atoms with Crippen molar-refractivity contribution in [2.45, 2.75) is 89.9 Å². The van der Waals surface area contributed by atoms with Crippen molar-refractivity contribution in [3.63, 3.8) is 0 Å². The molecule has 1 atom stereocenters. The standard InChI is InChI=1S/C34H47N3O4S/c1-34(2,3)41-33(40)28-16-10-15-27(21-28)31(38)36-30(24-42-23-26-13-8-5-9-14-26)32(39)35-29-17-19-37(20-18-29)22-25-11-6-4-7-12-25/h4,6-7,10-12,15-16,21,26,29-30H,5,8-9,13-14,17-20,22-24H2,1-3H3,(H,35,39)(H,36,38). The van der Waals surface area contributed by atoms with Gasteiger partial charge in [-0.2, -0.15) is 11.8 Å². The second kappa shape index (κ2) is 15.6. The molecule has 0 bridgehead atoms. The normalized spacial score (nSPS) is 17.8. The molecule has 228 valence electrons. The molecule has 2 aromatic carbocycles. The Morgan fingerprint density at radius 1 is 0.929 bits per heavy atom. The minimum Gasteiger partial charge on any atom is -0.456 e. The van der Waals surface area contributed by atoms with Crippen molar-refractivity contribution in [2.24, 2.45) is 5.92 Å². The molecule has 1 heterocycles. The highest BCUT2D eigenvalue weighted by atomic mass is 32.2. The van der Waals surface area contributed by atoms with Crippen molar-refractivity contribution in [1.82, 2.24) is 15.5 Å². The second-order valence-corrected chi connectivity index (χ2v) is 13.8. The predicted octanol–water partition coefficient (Wildman–Crippen LogP) is 5.83. The number of thioether (sulfide) groups is 1. The van der Waals surface area contributed by atoms with Gasteiger partial charge in [-0.3, -0.25) is 14.5 Å². The fraction of sp³-hybridized carbons (Fsp3) is 0.559. The average Bonchev–Trinajstić information content (AvgIpc) is 2.98. The summed E-state index contributed by atoms with van der Waals surface area (Å²) in [7, 11) is 0. The number of carbonyl (C=O) groups excluding carboxylic acids is 3. The van der Waals surface area contributed by atoms with Crippen LogP contribution in [0.4, 0.5) is 0 Å². The topological polar surface area (TPSA) is 87.7 Å². The third-order valence-corrected chi connectivity index (χ3v) is 9.20. The van der Waals surface area contributed by atoms with Crippen LogP contribution in [0.5, 0.6) is 0 Å². The van der Waals surface area contributed by atoms with Crippen LogP contribution in [0.15, 0.2) is 54.6 Å².